The quantitative estimate of drug-likeness (QED) is 0.745. The standard InChI is InChI=1S/C17H26N2O/c1-3-17(4-2,15-20)14-18-10-12-19(13-11-18)16-8-6-5-7-9-16/h5-9,15H,3-4,10-14H2,1-2H3. The molecular weight excluding hydrogens is 248 g/mol. The molecule has 20 heavy (non-hydrogen) atoms. The van der Waals surface area contributed by atoms with Gasteiger partial charge in [0.2, 0.25) is 0 Å². The second-order valence-electron chi connectivity index (χ2n) is 5.79. The lowest BCUT2D eigenvalue weighted by atomic mass is 9.83. The molecule has 2 rings (SSSR count). The summed E-state index contributed by atoms with van der Waals surface area (Å²) >= 11 is 0. The highest BCUT2D eigenvalue weighted by Crippen LogP contribution is 2.26. The highest BCUT2D eigenvalue weighted by Gasteiger charge is 2.29. The maximum atomic E-state index is 11.4. The van der Waals surface area contributed by atoms with Crippen molar-refractivity contribution in [3.8, 4) is 0 Å². The van der Waals surface area contributed by atoms with Crippen LogP contribution in [0.2, 0.25) is 0 Å². The average molecular weight is 274 g/mol. The Morgan fingerprint density at radius 1 is 1.05 bits per heavy atom. The Bertz CT molecular complexity index is 406. The Kier molecular flexibility index (Phi) is 5.18. The zero-order valence-electron chi connectivity index (χ0n) is 12.7. The molecule has 0 amide bonds. The average Bonchev–Trinajstić information content (AvgIpc) is 2.54. The summed E-state index contributed by atoms with van der Waals surface area (Å²) in [4.78, 5) is 16.3. The second kappa shape index (κ2) is 6.89. The Morgan fingerprint density at radius 3 is 2.15 bits per heavy atom. The van der Waals surface area contributed by atoms with E-state index >= 15 is 0 Å². The molecule has 0 N–H and O–H groups in total. The van der Waals surface area contributed by atoms with Crippen LogP contribution in [0, 0.1) is 5.41 Å². The van der Waals surface area contributed by atoms with Crippen LogP contribution in [-0.4, -0.2) is 43.9 Å². The van der Waals surface area contributed by atoms with Gasteiger partial charge in [0, 0.05) is 43.8 Å². The third-order valence-corrected chi connectivity index (χ3v) is 4.69. The lowest BCUT2D eigenvalue weighted by Crippen LogP contribution is -2.50. The number of anilines is 1. The van der Waals surface area contributed by atoms with Crippen LogP contribution >= 0.6 is 0 Å². The first-order valence-electron chi connectivity index (χ1n) is 7.71. The molecule has 0 spiro atoms. The number of aldehydes is 1. The van der Waals surface area contributed by atoms with Crippen LogP contribution in [0.15, 0.2) is 30.3 Å². The minimum absolute atomic E-state index is 0.144. The summed E-state index contributed by atoms with van der Waals surface area (Å²) in [5.74, 6) is 0. The van der Waals surface area contributed by atoms with Gasteiger partial charge < -0.3 is 9.69 Å². The second-order valence-corrected chi connectivity index (χ2v) is 5.79. The van der Waals surface area contributed by atoms with E-state index in [0.717, 1.165) is 45.6 Å². The van der Waals surface area contributed by atoms with Gasteiger partial charge in [-0.05, 0) is 25.0 Å². The van der Waals surface area contributed by atoms with Gasteiger partial charge in [-0.2, -0.15) is 0 Å². The molecule has 1 fully saturated rings. The van der Waals surface area contributed by atoms with Gasteiger partial charge in [0.05, 0.1) is 0 Å². The lowest BCUT2D eigenvalue weighted by Gasteiger charge is -2.40. The Balaban J connectivity index is 1.90. The van der Waals surface area contributed by atoms with Crippen molar-refractivity contribution in [3.05, 3.63) is 30.3 Å². The van der Waals surface area contributed by atoms with Crippen molar-refractivity contribution in [3.63, 3.8) is 0 Å². The predicted octanol–water partition coefficient (Wildman–Crippen LogP) is 2.81. The molecule has 0 unspecified atom stereocenters. The summed E-state index contributed by atoms with van der Waals surface area (Å²) in [6.45, 7) is 9.34. The van der Waals surface area contributed by atoms with E-state index in [0.29, 0.717) is 0 Å². The van der Waals surface area contributed by atoms with Crippen molar-refractivity contribution in [2.24, 2.45) is 5.41 Å². The maximum absolute atomic E-state index is 11.4. The summed E-state index contributed by atoms with van der Waals surface area (Å²) in [7, 11) is 0. The van der Waals surface area contributed by atoms with E-state index in [1.165, 1.54) is 12.0 Å². The molecule has 0 saturated carbocycles. The fourth-order valence-corrected chi connectivity index (χ4v) is 2.93. The van der Waals surface area contributed by atoms with E-state index < -0.39 is 0 Å². The minimum Gasteiger partial charge on any atom is -0.369 e. The molecule has 1 saturated heterocycles. The highest BCUT2D eigenvalue weighted by atomic mass is 16.1. The lowest BCUT2D eigenvalue weighted by molar-refractivity contribution is -0.117. The normalized spacial score (nSPS) is 17.2. The van der Waals surface area contributed by atoms with Gasteiger partial charge >= 0.3 is 0 Å². The smallest absolute Gasteiger partial charge is 0.127 e. The van der Waals surface area contributed by atoms with Crippen LogP contribution in [0.1, 0.15) is 26.7 Å². The topological polar surface area (TPSA) is 23.6 Å². The van der Waals surface area contributed by atoms with E-state index in [1.54, 1.807) is 0 Å². The van der Waals surface area contributed by atoms with Crippen molar-refractivity contribution in [2.75, 3.05) is 37.6 Å². The van der Waals surface area contributed by atoms with Gasteiger partial charge in [-0.25, -0.2) is 0 Å². The zero-order valence-corrected chi connectivity index (χ0v) is 12.7. The van der Waals surface area contributed by atoms with Gasteiger partial charge in [-0.3, -0.25) is 4.90 Å². The molecule has 110 valence electrons. The third-order valence-electron chi connectivity index (χ3n) is 4.69. The number of hydrogen-bond donors (Lipinski definition) is 0. The molecule has 3 heteroatoms. The van der Waals surface area contributed by atoms with Crippen LogP contribution in [0.4, 0.5) is 5.69 Å². The molecule has 0 atom stereocenters. The molecule has 1 aromatic carbocycles. The minimum atomic E-state index is -0.144. The number of rotatable bonds is 6. The van der Waals surface area contributed by atoms with Crippen molar-refractivity contribution in [1.82, 2.24) is 4.90 Å². The van der Waals surface area contributed by atoms with Crippen LogP contribution in [0.25, 0.3) is 0 Å². The van der Waals surface area contributed by atoms with Gasteiger partial charge in [-0.15, -0.1) is 0 Å². The summed E-state index contributed by atoms with van der Waals surface area (Å²) < 4.78 is 0. The number of carbonyl (C=O) groups is 1. The first-order valence-corrected chi connectivity index (χ1v) is 7.71. The number of carbonyl (C=O) groups excluding carboxylic acids is 1. The molecule has 1 aliphatic rings. The molecular formula is C17H26N2O. The van der Waals surface area contributed by atoms with Crippen LogP contribution in [-0.2, 0) is 4.79 Å². The molecule has 3 nitrogen and oxygen atoms in total. The fraction of sp³-hybridized carbons (Fsp3) is 0.588. The molecule has 1 aliphatic heterocycles. The van der Waals surface area contributed by atoms with E-state index in [4.69, 9.17) is 0 Å². The summed E-state index contributed by atoms with van der Waals surface area (Å²) in [6.07, 6.45) is 3.05. The monoisotopic (exact) mass is 274 g/mol. The third kappa shape index (κ3) is 3.40. The summed E-state index contributed by atoms with van der Waals surface area (Å²) in [5, 5.41) is 0. The number of benzene rings is 1. The van der Waals surface area contributed by atoms with Crippen LogP contribution in [0.3, 0.4) is 0 Å². The molecule has 0 aromatic heterocycles. The van der Waals surface area contributed by atoms with E-state index in [2.05, 4.69) is 54.0 Å². The molecule has 1 heterocycles. The number of piperazine rings is 1. The molecule has 0 aliphatic carbocycles. The van der Waals surface area contributed by atoms with Crippen molar-refractivity contribution in [2.45, 2.75) is 26.7 Å². The van der Waals surface area contributed by atoms with Crippen molar-refractivity contribution >= 4 is 12.0 Å². The summed E-state index contributed by atoms with van der Waals surface area (Å²) in [5.41, 5.74) is 1.16. The van der Waals surface area contributed by atoms with E-state index in [-0.39, 0.29) is 5.41 Å². The molecule has 0 radical (unpaired) electrons. The van der Waals surface area contributed by atoms with E-state index in [9.17, 15) is 4.79 Å². The highest BCUT2D eigenvalue weighted by molar-refractivity contribution is 5.59. The van der Waals surface area contributed by atoms with Gasteiger partial charge in [-0.1, -0.05) is 32.0 Å². The SMILES string of the molecule is CCC(C=O)(CC)CN1CCN(c2ccccc2)CC1. The fourth-order valence-electron chi connectivity index (χ4n) is 2.93. The Labute approximate surface area is 122 Å². The predicted molar refractivity (Wildman–Crippen MR) is 84.2 cm³/mol. The largest absolute Gasteiger partial charge is 0.369 e. The van der Waals surface area contributed by atoms with Crippen LogP contribution < -0.4 is 4.90 Å². The van der Waals surface area contributed by atoms with Gasteiger partial charge in [0.15, 0.2) is 0 Å². The van der Waals surface area contributed by atoms with E-state index in [1.807, 2.05) is 0 Å². The Morgan fingerprint density at radius 2 is 1.65 bits per heavy atom. The molecule has 1 aromatic rings. The zero-order chi connectivity index (χ0) is 14.4. The van der Waals surface area contributed by atoms with Crippen molar-refractivity contribution in [1.29, 1.82) is 0 Å². The maximum Gasteiger partial charge on any atom is 0.127 e. The van der Waals surface area contributed by atoms with Gasteiger partial charge in [0.1, 0.15) is 6.29 Å². The number of hydrogen-bond acceptors (Lipinski definition) is 3. The van der Waals surface area contributed by atoms with Crippen molar-refractivity contribution < 1.29 is 4.79 Å². The summed E-state index contributed by atoms with van der Waals surface area (Å²) in [6, 6.07) is 10.6. The number of nitrogens with zero attached hydrogens (tertiary/aromatic N) is 2. The van der Waals surface area contributed by atoms with Gasteiger partial charge in [0.25, 0.3) is 0 Å². The van der Waals surface area contributed by atoms with Crippen LogP contribution in [0.5, 0.6) is 0 Å². The number of para-hydroxylation sites is 1. The first-order chi connectivity index (χ1) is 9.73. The Hall–Kier alpha value is -1.35. The first kappa shape index (κ1) is 15.0. The molecule has 0 bridgehead atoms.